The summed E-state index contributed by atoms with van der Waals surface area (Å²) in [6.45, 7) is 5.11. The van der Waals surface area contributed by atoms with Crippen LogP contribution < -0.4 is 10.2 Å². The van der Waals surface area contributed by atoms with Crippen molar-refractivity contribution in [3.05, 3.63) is 24.3 Å². The van der Waals surface area contributed by atoms with Crippen molar-refractivity contribution in [1.82, 2.24) is 20.3 Å². The predicted octanol–water partition coefficient (Wildman–Crippen LogP) is 1.05. The monoisotopic (exact) mass is 271 g/mol. The largest absolute Gasteiger partial charge is 0.354 e. The van der Waals surface area contributed by atoms with Gasteiger partial charge < -0.3 is 10.2 Å². The maximum absolute atomic E-state index is 11.1. The first-order valence-corrected chi connectivity index (χ1v) is 6.73. The van der Waals surface area contributed by atoms with Gasteiger partial charge in [0, 0.05) is 37.6 Å². The fraction of sp³-hybridized carbons (Fsp3) is 0.429. The Morgan fingerprint density at radius 2 is 2.25 bits per heavy atom. The number of rotatable bonds is 2. The molecule has 3 rings (SSSR count). The van der Waals surface area contributed by atoms with Crippen molar-refractivity contribution in [2.75, 3.05) is 18.0 Å². The highest BCUT2D eigenvalue weighted by atomic mass is 16.1. The van der Waals surface area contributed by atoms with E-state index in [1.807, 2.05) is 19.2 Å². The van der Waals surface area contributed by atoms with Crippen LogP contribution in [0.5, 0.6) is 0 Å². The van der Waals surface area contributed by atoms with Gasteiger partial charge in [0.05, 0.1) is 11.7 Å². The maximum Gasteiger partial charge on any atom is 0.217 e. The molecular formula is C14H17N5O. The Hall–Kier alpha value is -2.24. The van der Waals surface area contributed by atoms with Gasteiger partial charge in [-0.1, -0.05) is 0 Å². The second-order valence-corrected chi connectivity index (χ2v) is 5.15. The Labute approximate surface area is 117 Å². The molecule has 3 heterocycles. The van der Waals surface area contributed by atoms with Crippen LogP contribution in [0.25, 0.3) is 10.9 Å². The van der Waals surface area contributed by atoms with Crippen molar-refractivity contribution >= 4 is 22.6 Å². The Balaban J connectivity index is 1.81. The predicted molar refractivity (Wildman–Crippen MR) is 76.5 cm³/mol. The number of amides is 1. The molecule has 0 aliphatic carbocycles. The molecular weight excluding hydrogens is 254 g/mol. The van der Waals surface area contributed by atoms with Crippen molar-refractivity contribution < 1.29 is 4.79 Å². The number of aryl methyl sites for hydroxylation is 1. The van der Waals surface area contributed by atoms with E-state index < -0.39 is 0 Å². The molecule has 2 aromatic heterocycles. The summed E-state index contributed by atoms with van der Waals surface area (Å²) in [5.41, 5.74) is 0.860. The number of nitrogens with zero attached hydrogens (tertiary/aromatic N) is 4. The molecule has 104 valence electrons. The molecule has 6 heteroatoms. The van der Waals surface area contributed by atoms with E-state index in [1.54, 1.807) is 13.1 Å². The standard InChI is InChI=1S/C14H17N5O/c1-9-15-6-11-5-14(16-7-13(11)17-9)19-4-3-12(8-19)18-10(2)20/h5-7,12H,3-4,8H2,1-2H3,(H,18,20)/t12-/m1/s1. The highest BCUT2D eigenvalue weighted by Crippen LogP contribution is 2.21. The average molecular weight is 271 g/mol. The molecule has 0 unspecified atom stereocenters. The molecule has 0 aromatic carbocycles. The second kappa shape index (κ2) is 5.03. The van der Waals surface area contributed by atoms with Crippen LogP contribution in [0.15, 0.2) is 18.5 Å². The highest BCUT2D eigenvalue weighted by Gasteiger charge is 2.24. The lowest BCUT2D eigenvalue weighted by Crippen LogP contribution is -2.35. The van der Waals surface area contributed by atoms with Crippen LogP contribution in [0.3, 0.4) is 0 Å². The van der Waals surface area contributed by atoms with Crippen molar-refractivity contribution in [2.45, 2.75) is 26.3 Å². The van der Waals surface area contributed by atoms with Crippen LogP contribution in [0.4, 0.5) is 5.82 Å². The number of carbonyl (C=O) groups excluding carboxylic acids is 1. The summed E-state index contributed by atoms with van der Waals surface area (Å²) in [5.74, 6) is 1.68. The molecule has 0 saturated carbocycles. The Kier molecular flexibility index (Phi) is 3.22. The summed E-state index contributed by atoms with van der Waals surface area (Å²) in [7, 11) is 0. The zero-order valence-corrected chi connectivity index (χ0v) is 11.6. The Bertz CT molecular complexity index is 657. The summed E-state index contributed by atoms with van der Waals surface area (Å²) in [4.78, 5) is 26.3. The Morgan fingerprint density at radius 3 is 3.05 bits per heavy atom. The minimum absolute atomic E-state index is 0.0206. The van der Waals surface area contributed by atoms with E-state index in [2.05, 4.69) is 25.2 Å². The summed E-state index contributed by atoms with van der Waals surface area (Å²) < 4.78 is 0. The quantitative estimate of drug-likeness (QED) is 0.884. The van der Waals surface area contributed by atoms with E-state index >= 15 is 0 Å². The molecule has 1 saturated heterocycles. The van der Waals surface area contributed by atoms with Gasteiger partial charge >= 0.3 is 0 Å². The van der Waals surface area contributed by atoms with E-state index in [4.69, 9.17) is 0 Å². The van der Waals surface area contributed by atoms with E-state index in [0.29, 0.717) is 0 Å². The molecule has 1 amide bonds. The molecule has 0 radical (unpaired) electrons. The number of pyridine rings is 1. The van der Waals surface area contributed by atoms with E-state index in [0.717, 1.165) is 42.1 Å². The summed E-state index contributed by atoms with van der Waals surface area (Å²) >= 11 is 0. The van der Waals surface area contributed by atoms with Crippen LogP contribution in [-0.4, -0.2) is 40.0 Å². The number of anilines is 1. The van der Waals surface area contributed by atoms with Crippen LogP contribution >= 0.6 is 0 Å². The number of aromatic nitrogens is 3. The van der Waals surface area contributed by atoms with Crippen LogP contribution in [0, 0.1) is 6.92 Å². The average Bonchev–Trinajstić information content (AvgIpc) is 2.85. The maximum atomic E-state index is 11.1. The van der Waals surface area contributed by atoms with Gasteiger partial charge in [0.1, 0.15) is 11.6 Å². The minimum Gasteiger partial charge on any atom is -0.354 e. The lowest BCUT2D eigenvalue weighted by Gasteiger charge is -2.18. The molecule has 6 nitrogen and oxygen atoms in total. The van der Waals surface area contributed by atoms with Gasteiger partial charge in [-0.05, 0) is 19.4 Å². The molecule has 1 fully saturated rings. The third kappa shape index (κ3) is 2.54. The van der Waals surface area contributed by atoms with Gasteiger partial charge in [0.25, 0.3) is 0 Å². The SMILES string of the molecule is CC(=O)N[C@@H]1CCN(c2cc3cnc(C)nc3cn2)C1. The topological polar surface area (TPSA) is 71.0 Å². The zero-order valence-electron chi connectivity index (χ0n) is 11.6. The number of hydrogen-bond acceptors (Lipinski definition) is 5. The molecule has 0 spiro atoms. The van der Waals surface area contributed by atoms with Gasteiger partial charge in [-0.3, -0.25) is 4.79 Å². The summed E-state index contributed by atoms with van der Waals surface area (Å²) in [5, 5.41) is 3.94. The second-order valence-electron chi connectivity index (χ2n) is 5.15. The molecule has 1 aliphatic heterocycles. The van der Waals surface area contributed by atoms with Gasteiger partial charge in [0.2, 0.25) is 5.91 Å². The van der Waals surface area contributed by atoms with Gasteiger partial charge in [-0.2, -0.15) is 0 Å². The smallest absolute Gasteiger partial charge is 0.217 e. The first kappa shape index (κ1) is 12.8. The third-order valence-corrected chi connectivity index (χ3v) is 3.49. The van der Waals surface area contributed by atoms with E-state index in [9.17, 15) is 4.79 Å². The van der Waals surface area contributed by atoms with Gasteiger partial charge in [-0.25, -0.2) is 15.0 Å². The fourth-order valence-electron chi connectivity index (χ4n) is 2.56. The Morgan fingerprint density at radius 1 is 1.40 bits per heavy atom. The number of hydrogen-bond donors (Lipinski definition) is 1. The highest BCUT2D eigenvalue weighted by molar-refractivity contribution is 5.79. The summed E-state index contributed by atoms with van der Waals surface area (Å²) in [6, 6.07) is 2.21. The minimum atomic E-state index is 0.0206. The molecule has 1 N–H and O–H groups in total. The van der Waals surface area contributed by atoms with Crippen molar-refractivity contribution in [2.24, 2.45) is 0 Å². The summed E-state index contributed by atoms with van der Waals surface area (Å²) in [6.07, 6.45) is 4.55. The van der Waals surface area contributed by atoms with Crippen LogP contribution in [-0.2, 0) is 4.79 Å². The number of fused-ring (bicyclic) bond motifs is 1. The van der Waals surface area contributed by atoms with Gasteiger partial charge in [-0.15, -0.1) is 0 Å². The lowest BCUT2D eigenvalue weighted by atomic mass is 10.2. The molecule has 2 aromatic rings. The first-order chi connectivity index (χ1) is 9.61. The molecule has 1 atom stereocenters. The number of nitrogens with one attached hydrogen (secondary N) is 1. The van der Waals surface area contributed by atoms with E-state index in [1.165, 1.54) is 0 Å². The van der Waals surface area contributed by atoms with Crippen LogP contribution in [0.2, 0.25) is 0 Å². The van der Waals surface area contributed by atoms with Crippen molar-refractivity contribution in [1.29, 1.82) is 0 Å². The van der Waals surface area contributed by atoms with Crippen molar-refractivity contribution in [3.63, 3.8) is 0 Å². The molecule has 0 bridgehead atoms. The molecule has 20 heavy (non-hydrogen) atoms. The zero-order chi connectivity index (χ0) is 14.1. The van der Waals surface area contributed by atoms with Crippen LogP contribution in [0.1, 0.15) is 19.2 Å². The van der Waals surface area contributed by atoms with Gasteiger partial charge in [0.15, 0.2) is 0 Å². The third-order valence-electron chi connectivity index (χ3n) is 3.49. The lowest BCUT2D eigenvalue weighted by molar-refractivity contribution is -0.119. The molecule has 1 aliphatic rings. The van der Waals surface area contributed by atoms with Crippen molar-refractivity contribution in [3.8, 4) is 0 Å². The van der Waals surface area contributed by atoms with E-state index in [-0.39, 0.29) is 11.9 Å². The number of carbonyl (C=O) groups is 1. The normalized spacial score (nSPS) is 18.5. The fourth-order valence-corrected chi connectivity index (χ4v) is 2.56. The first-order valence-electron chi connectivity index (χ1n) is 6.73.